The Morgan fingerprint density at radius 1 is 1.15 bits per heavy atom. The van der Waals surface area contributed by atoms with Crippen molar-refractivity contribution in [3.63, 3.8) is 0 Å². The number of nitrogens with zero attached hydrogens (tertiary/aromatic N) is 4. The van der Waals surface area contributed by atoms with Gasteiger partial charge in [-0.3, -0.25) is 14.5 Å². The van der Waals surface area contributed by atoms with E-state index in [1.165, 1.54) is 49.6 Å². The monoisotopic (exact) mass is 561 g/mol. The maximum atomic E-state index is 14.4. The number of ether oxygens (including phenoxy) is 1. The third-order valence-electron chi connectivity index (χ3n) is 5.88. The Kier molecular flexibility index (Phi) is 8.65. The van der Waals surface area contributed by atoms with Gasteiger partial charge in [0.1, 0.15) is 18.5 Å². The summed E-state index contributed by atoms with van der Waals surface area (Å²) in [5, 5.41) is 2.59. The van der Waals surface area contributed by atoms with E-state index in [-0.39, 0.29) is 22.2 Å². The SMILES string of the molecule is CC(CC(F)F)NC(=O)C(c1ccccc1Cl)N(C(=O)C1COC(=O)N1c1ncccn1)c1cccc(F)c1. The molecule has 0 radical (unpaired) electrons. The summed E-state index contributed by atoms with van der Waals surface area (Å²) in [6.45, 7) is 0.973. The Balaban J connectivity index is 1.84. The van der Waals surface area contributed by atoms with Crippen LogP contribution < -0.4 is 15.1 Å². The van der Waals surface area contributed by atoms with Crippen LogP contribution in [0.25, 0.3) is 0 Å². The van der Waals surface area contributed by atoms with Crippen LogP contribution in [-0.2, 0) is 14.3 Å². The molecular formula is C26H23ClF3N5O4. The van der Waals surface area contributed by atoms with E-state index in [1.54, 1.807) is 12.1 Å². The molecule has 3 atom stereocenters. The summed E-state index contributed by atoms with van der Waals surface area (Å²) in [6, 6.07) is 8.70. The zero-order valence-corrected chi connectivity index (χ0v) is 21.3. The summed E-state index contributed by atoms with van der Waals surface area (Å²) in [7, 11) is 0. The Bertz CT molecular complexity index is 1350. The van der Waals surface area contributed by atoms with Crippen molar-refractivity contribution in [2.24, 2.45) is 0 Å². The topological polar surface area (TPSA) is 105 Å². The number of aromatic nitrogens is 2. The van der Waals surface area contributed by atoms with Gasteiger partial charge in [-0.25, -0.2) is 32.8 Å². The molecule has 0 aliphatic carbocycles. The molecule has 3 amide bonds. The van der Waals surface area contributed by atoms with Crippen LogP contribution >= 0.6 is 11.6 Å². The molecule has 204 valence electrons. The van der Waals surface area contributed by atoms with Crippen LogP contribution in [0.4, 0.5) is 29.6 Å². The molecule has 0 spiro atoms. The second kappa shape index (κ2) is 12.1. The van der Waals surface area contributed by atoms with Gasteiger partial charge in [0.05, 0.1) is 0 Å². The van der Waals surface area contributed by atoms with Gasteiger partial charge in [0.2, 0.25) is 18.3 Å². The lowest BCUT2D eigenvalue weighted by atomic mass is 10.0. The van der Waals surface area contributed by atoms with Crippen LogP contribution in [0.5, 0.6) is 0 Å². The predicted molar refractivity (Wildman–Crippen MR) is 136 cm³/mol. The molecule has 13 heteroatoms. The minimum Gasteiger partial charge on any atom is -0.446 e. The highest BCUT2D eigenvalue weighted by Crippen LogP contribution is 2.35. The molecular weight excluding hydrogens is 539 g/mol. The van der Waals surface area contributed by atoms with Gasteiger partial charge in [-0.1, -0.05) is 35.9 Å². The zero-order valence-electron chi connectivity index (χ0n) is 20.5. The Labute approximate surface area is 226 Å². The smallest absolute Gasteiger partial charge is 0.417 e. The molecule has 1 aliphatic rings. The summed E-state index contributed by atoms with van der Waals surface area (Å²) >= 11 is 6.44. The number of hydrogen-bond donors (Lipinski definition) is 1. The molecule has 2 heterocycles. The van der Waals surface area contributed by atoms with Gasteiger partial charge < -0.3 is 10.1 Å². The Morgan fingerprint density at radius 3 is 2.54 bits per heavy atom. The normalized spacial score (nSPS) is 16.5. The quantitative estimate of drug-likeness (QED) is 0.412. The van der Waals surface area contributed by atoms with Crippen LogP contribution in [0.1, 0.15) is 24.9 Å². The molecule has 1 aromatic heterocycles. The summed E-state index contributed by atoms with van der Waals surface area (Å²) < 4.78 is 45.6. The lowest BCUT2D eigenvalue weighted by molar-refractivity contribution is -0.127. The van der Waals surface area contributed by atoms with Crippen molar-refractivity contribution in [3.05, 3.63) is 83.4 Å². The van der Waals surface area contributed by atoms with E-state index in [2.05, 4.69) is 15.3 Å². The van der Waals surface area contributed by atoms with E-state index in [1.807, 2.05) is 0 Å². The van der Waals surface area contributed by atoms with Crippen LogP contribution in [-0.4, -0.2) is 53.0 Å². The highest BCUT2D eigenvalue weighted by Gasteiger charge is 2.46. The van der Waals surface area contributed by atoms with Crippen LogP contribution in [0.2, 0.25) is 5.02 Å². The minimum absolute atomic E-state index is 0.0464. The first-order chi connectivity index (χ1) is 18.7. The Morgan fingerprint density at radius 2 is 1.87 bits per heavy atom. The number of nitrogens with one attached hydrogen (secondary N) is 1. The summed E-state index contributed by atoms with van der Waals surface area (Å²) in [5.74, 6) is -2.53. The molecule has 1 aliphatic heterocycles. The second-order valence-corrected chi connectivity index (χ2v) is 9.07. The number of amides is 3. The van der Waals surface area contributed by atoms with Crippen molar-refractivity contribution >= 4 is 41.1 Å². The minimum atomic E-state index is -2.69. The van der Waals surface area contributed by atoms with Gasteiger partial charge in [-0.15, -0.1) is 0 Å². The number of cyclic esters (lactones) is 1. The second-order valence-electron chi connectivity index (χ2n) is 8.66. The van der Waals surface area contributed by atoms with E-state index in [9.17, 15) is 27.6 Å². The first-order valence-electron chi connectivity index (χ1n) is 11.8. The van der Waals surface area contributed by atoms with Gasteiger partial charge in [0.15, 0.2) is 6.04 Å². The molecule has 0 bridgehead atoms. The number of halogens is 4. The molecule has 2 aromatic carbocycles. The third-order valence-corrected chi connectivity index (χ3v) is 6.22. The summed E-state index contributed by atoms with van der Waals surface area (Å²) in [6.07, 6.45) is -1.50. The summed E-state index contributed by atoms with van der Waals surface area (Å²) in [4.78, 5) is 50.4. The van der Waals surface area contributed by atoms with E-state index >= 15 is 0 Å². The third kappa shape index (κ3) is 6.28. The van der Waals surface area contributed by atoms with Gasteiger partial charge in [-0.05, 0) is 37.3 Å². The maximum Gasteiger partial charge on any atom is 0.417 e. The molecule has 39 heavy (non-hydrogen) atoms. The van der Waals surface area contributed by atoms with Crippen molar-refractivity contribution in [1.29, 1.82) is 0 Å². The number of alkyl halides is 2. The van der Waals surface area contributed by atoms with Gasteiger partial charge in [0, 0.05) is 41.1 Å². The number of anilines is 2. The first kappa shape index (κ1) is 27.8. The van der Waals surface area contributed by atoms with E-state index < -0.39 is 61.3 Å². The molecule has 1 fully saturated rings. The van der Waals surface area contributed by atoms with Crippen LogP contribution in [0.15, 0.2) is 67.0 Å². The number of carbonyl (C=O) groups excluding carboxylic acids is 3. The van der Waals surface area contributed by atoms with Crippen molar-refractivity contribution in [2.75, 3.05) is 16.4 Å². The van der Waals surface area contributed by atoms with E-state index in [0.717, 1.165) is 21.9 Å². The highest BCUT2D eigenvalue weighted by molar-refractivity contribution is 6.31. The number of benzene rings is 2. The maximum absolute atomic E-state index is 14.4. The standard InChI is InChI=1S/C26H23ClF3N5O4/c1-15(12-21(29)30)33-23(36)22(18-8-2-3-9-19(18)27)34(17-7-4-6-16(28)13-17)24(37)20-14-39-26(38)35(20)25-31-10-5-11-32-25/h2-11,13,15,20-22H,12,14H2,1H3,(H,33,36). The molecule has 1 N–H and O–H groups in total. The van der Waals surface area contributed by atoms with Crippen molar-refractivity contribution in [2.45, 2.75) is 37.9 Å². The predicted octanol–water partition coefficient (Wildman–Crippen LogP) is 4.53. The Hall–Kier alpha value is -4.19. The average molecular weight is 562 g/mol. The number of hydrogen-bond acceptors (Lipinski definition) is 6. The molecule has 9 nitrogen and oxygen atoms in total. The fraction of sp³-hybridized carbons (Fsp3) is 0.269. The van der Waals surface area contributed by atoms with Crippen molar-refractivity contribution < 1.29 is 32.3 Å². The molecule has 1 saturated heterocycles. The zero-order chi connectivity index (χ0) is 28.1. The van der Waals surface area contributed by atoms with Crippen LogP contribution in [0.3, 0.4) is 0 Å². The van der Waals surface area contributed by atoms with Gasteiger partial charge in [-0.2, -0.15) is 0 Å². The lowest BCUT2D eigenvalue weighted by Crippen LogP contribution is -2.53. The first-order valence-corrected chi connectivity index (χ1v) is 12.2. The number of carbonyl (C=O) groups is 3. The average Bonchev–Trinajstić information content (AvgIpc) is 3.28. The van der Waals surface area contributed by atoms with Gasteiger partial charge in [0.25, 0.3) is 5.91 Å². The summed E-state index contributed by atoms with van der Waals surface area (Å²) in [5.41, 5.74) is 0.0983. The fourth-order valence-electron chi connectivity index (χ4n) is 4.17. The molecule has 3 unspecified atom stereocenters. The molecule has 3 aromatic rings. The van der Waals surface area contributed by atoms with Crippen molar-refractivity contribution in [3.8, 4) is 0 Å². The lowest BCUT2D eigenvalue weighted by Gasteiger charge is -2.35. The van der Waals surface area contributed by atoms with Gasteiger partial charge >= 0.3 is 6.09 Å². The molecule has 0 saturated carbocycles. The highest BCUT2D eigenvalue weighted by atomic mass is 35.5. The number of rotatable bonds is 9. The largest absolute Gasteiger partial charge is 0.446 e. The van der Waals surface area contributed by atoms with E-state index in [0.29, 0.717) is 0 Å². The van der Waals surface area contributed by atoms with Crippen molar-refractivity contribution in [1.82, 2.24) is 15.3 Å². The van der Waals surface area contributed by atoms with E-state index in [4.69, 9.17) is 16.3 Å². The molecule has 4 rings (SSSR count). The fourth-order valence-corrected chi connectivity index (χ4v) is 4.41. The van der Waals surface area contributed by atoms with Crippen LogP contribution in [0, 0.1) is 5.82 Å².